The predicted molar refractivity (Wildman–Crippen MR) is 82.2 cm³/mol. The summed E-state index contributed by atoms with van der Waals surface area (Å²) < 4.78 is 1.54. The number of hydrogen-bond donors (Lipinski definition) is 2. The number of nitrogens with two attached hydrogens (primary N) is 1. The van der Waals surface area contributed by atoms with Gasteiger partial charge in [-0.3, -0.25) is 9.36 Å². The first-order chi connectivity index (χ1) is 10.2. The van der Waals surface area contributed by atoms with Crippen molar-refractivity contribution in [1.29, 1.82) is 0 Å². The highest BCUT2D eigenvalue weighted by Gasteiger charge is 2.13. The van der Waals surface area contributed by atoms with Crippen molar-refractivity contribution in [3.63, 3.8) is 0 Å². The molecule has 3 N–H and O–H groups in total. The van der Waals surface area contributed by atoms with Crippen LogP contribution < -0.4 is 5.73 Å². The van der Waals surface area contributed by atoms with Gasteiger partial charge in [-0.25, -0.2) is 4.98 Å². The van der Waals surface area contributed by atoms with E-state index >= 15 is 0 Å². The summed E-state index contributed by atoms with van der Waals surface area (Å²) in [6.07, 6.45) is 3.39. The highest BCUT2D eigenvalue weighted by molar-refractivity contribution is 6.03. The zero-order chi connectivity index (χ0) is 14.4. The van der Waals surface area contributed by atoms with Crippen LogP contribution in [-0.2, 0) is 0 Å². The van der Waals surface area contributed by atoms with Gasteiger partial charge in [-0.1, -0.05) is 0 Å². The van der Waals surface area contributed by atoms with Crippen LogP contribution in [0.1, 0.15) is 10.4 Å². The lowest BCUT2D eigenvalue weighted by Crippen LogP contribution is -2.10. The van der Waals surface area contributed by atoms with Crippen LogP contribution in [0.5, 0.6) is 0 Å². The van der Waals surface area contributed by atoms with E-state index in [9.17, 15) is 4.79 Å². The Morgan fingerprint density at radius 3 is 2.95 bits per heavy atom. The van der Waals surface area contributed by atoms with E-state index in [1.165, 1.54) is 6.33 Å². The van der Waals surface area contributed by atoms with Gasteiger partial charge in [0.1, 0.15) is 6.33 Å². The largest absolute Gasteiger partial charge is 0.399 e. The highest BCUT2D eigenvalue weighted by atomic mass is 16.2. The molecule has 0 atom stereocenters. The Hall–Kier alpha value is -3.08. The van der Waals surface area contributed by atoms with Gasteiger partial charge in [0.05, 0.1) is 11.0 Å². The summed E-state index contributed by atoms with van der Waals surface area (Å²) in [4.78, 5) is 20.0. The van der Waals surface area contributed by atoms with Crippen LogP contribution in [0.2, 0.25) is 0 Å². The van der Waals surface area contributed by atoms with Crippen molar-refractivity contribution in [1.82, 2.24) is 14.5 Å². The number of nitrogens with one attached hydrogen (secondary N) is 1. The van der Waals surface area contributed by atoms with Crippen LogP contribution in [0, 0.1) is 0 Å². The molecule has 102 valence electrons. The van der Waals surface area contributed by atoms with E-state index < -0.39 is 0 Å². The van der Waals surface area contributed by atoms with Crippen LogP contribution in [0.3, 0.4) is 0 Å². The van der Waals surface area contributed by atoms with Gasteiger partial charge >= 0.3 is 0 Å². The van der Waals surface area contributed by atoms with Gasteiger partial charge in [0.15, 0.2) is 0 Å². The molecule has 0 fully saturated rings. The van der Waals surface area contributed by atoms with Gasteiger partial charge in [0, 0.05) is 28.4 Å². The number of aromatic nitrogens is 3. The van der Waals surface area contributed by atoms with Gasteiger partial charge in [-0.05, 0) is 42.5 Å². The standard InChI is InChI=1S/C16H12N4O/c17-12-2-4-15-14(8-12)19-9-20(15)16(21)11-1-3-13-10(7-11)5-6-18-13/h1-9,18H,17H2. The van der Waals surface area contributed by atoms with Crippen molar-refractivity contribution in [2.75, 3.05) is 5.73 Å². The first kappa shape index (κ1) is 11.7. The molecule has 0 aliphatic carbocycles. The Bertz CT molecular complexity index is 980. The number of imidazole rings is 1. The third-order valence-corrected chi connectivity index (χ3v) is 3.59. The maximum Gasteiger partial charge on any atom is 0.263 e. The van der Waals surface area contributed by atoms with Gasteiger partial charge in [0.2, 0.25) is 0 Å². The number of fused-ring (bicyclic) bond motifs is 2. The van der Waals surface area contributed by atoms with Crippen molar-refractivity contribution in [2.45, 2.75) is 0 Å². The molecule has 0 radical (unpaired) electrons. The molecule has 0 spiro atoms. The third-order valence-electron chi connectivity index (χ3n) is 3.59. The van der Waals surface area contributed by atoms with Gasteiger partial charge < -0.3 is 10.7 Å². The van der Waals surface area contributed by atoms with Gasteiger partial charge in [0.25, 0.3) is 5.91 Å². The zero-order valence-electron chi connectivity index (χ0n) is 11.1. The van der Waals surface area contributed by atoms with Crippen LogP contribution in [-0.4, -0.2) is 20.4 Å². The third kappa shape index (κ3) is 1.79. The fourth-order valence-electron chi connectivity index (χ4n) is 2.52. The molecule has 0 saturated carbocycles. The SMILES string of the molecule is Nc1ccc2c(c1)ncn2C(=O)c1ccc2[nH]ccc2c1. The smallest absolute Gasteiger partial charge is 0.263 e. The molecule has 5 nitrogen and oxygen atoms in total. The second-order valence-corrected chi connectivity index (χ2v) is 4.95. The van der Waals surface area contributed by atoms with Crippen LogP contribution >= 0.6 is 0 Å². The van der Waals surface area contributed by atoms with Crippen LogP contribution in [0.4, 0.5) is 5.69 Å². The van der Waals surface area contributed by atoms with Crippen LogP contribution in [0.25, 0.3) is 21.9 Å². The fraction of sp³-hybridized carbons (Fsp3) is 0. The highest BCUT2D eigenvalue weighted by Crippen LogP contribution is 2.19. The first-order valence-corrected chi connectivity index (χ1v) is 6.57. The van der Waals surface area contributed by atoms with Crippen molar-refractivity contribution in [3.05, 3.63) is 60.6 Å². The number of H-pyrrole nitrogens is 1. The summed E-state index contributed by atoms with van der Waals surface area (Å²) in [5, 5.41) is 1.01. The molecule has 0 aliphatic heterocycles. The average molecular weight is 276 g/mol. The minimum absolute atomic E-state index is 0.106. The Morgan fingerprint density at radius 2 is 2.05 bits per heavy atom. The Morgan fingerprint density at radius 1 is 1.14 bits per heavy atom. The second-order valence-electron chi connectivity index (χ2n) is 4.95. The molecule has 2 aromatic heterocycles. The number of carbonyl (C=O) groups is 1. The summed E-state index contributed by atoms with van der Waals surface area (Å²) in [5.41, 5.74) is 9.47. The lowest BCUT2D eigenvalue weighted by atomic mass is 10.1. The van der Waals surface area contributed by atoms with Crippen molar-refractivity contribution in [2.24, 2.45) is 0 Å². The molecule has 0 bridgehead atoms. The lowest BCUT2D eigenvalue weighted by molar-refractivity contribution is 0.0964. The maximum atomic E-state index is 12.7. The molecular weight excluding hydrogens is 264 g/mol. The summed E-state index contributed by atoms with van der Waals surface area (Å²) in [7, 11) is 0. The molecule has 4 rings (SSSR count). The zero-order valence-corrected chi connectivity index (χ0v) is 11.1. The Labute approximate surface area is 120 Å². The number of aromatic amines is 1. The fourth-order valence-corrected chi connectivity index (χ4v) is 2.52. The number of carbonyl (C=O) groups excluding carboxylic acids is 1. The number of rotatable bonds is 1. The number of hydrogen-bond acceptors (Lipinski definition) is 3. The van der Waals surface area contributed by atoms with E-state index in [2.05, 4.69) is 9.97 Å². The van der Waals surface area contributed by atoms with E-state index in [4.69, 9.17) is 5.73 Å². The van der Waals surface area contributed by atoms with Crippen molar-refractivity contribution >= 4 is 33.5 Å². The normalized spacial score (nSPS) is 11.2. The summed E-state index contributed by atoms with van der Waals surface area (Å²) in [6.45, 7) is 0. The molecule has 21 heavy (non-hydrogen) atoms. The molecule has 0 amide bonds. The van der Waals surface area contributed by atoms with E-state index in [1.807, 2.05) is 36.5 Å². The molecule has 0 unspecified atom stereocenters. The summed E-state index contributed by atoms with van der Waals surface area (Å²) in [6, 6.07) is 12.9. The number of anilines is 1. The average Bonchev–Trinajstić information content (AvgIpc) is 3.11. The summed E-state index contributed by atoms with van der Waals surface area (Å²) in [5.74, 6) is -0.106. The second kappa shape index (κ2) is 4.21. The number of nitrogen functional groups attached to an aromatic ring is 1. The van der Waals surface area contributed by atoms with Crippen molar-refractivity contribution < 1.29 is 4.79 Å². The molecule has 4 aromatic rings. The van der Waals surface area contributed by atoms with Crippen molar-refractivity contribution in [3.8, 4) is 0 Å². The number of benzene rings is 2. The first-order valence-electron chi connectivity index (χ1n) is 6.57. The Kier molecular flexibility index (Phi) is 2.35. The monoisotopic (exact) mass is 276 g/mol. The van der Waals surface area contributed by atoms with E-state index in [-0.39, 0.29) is 5.91 Å². The molecular formula is C16H12N4O. The lowest BCUT2D eigenvalue weighted by Gasteiger charge is -2.04. The maximum absolute atomic E-state index is 12.7. The quantitative estimate of drug-likeness (QED) is 0.525. The molecule has 2 aromatic carbocycles. The number of nitrogens with zero attached hydrogens (tertiary/aromatic N) is 2. The predicted octanol–water partition coefficient (Wildman–Crippen LogP) is 2.79. The van der Waals surface area contributed by atoms with E-state index in [0.29, 0.717) is 16.8 Å². The summed E-state index contributed by atoms with van der Waals surface area (Å²) >= 11 is 0. The van der Waals surface area contributed by atoms with E-state index in [0.717, 1.165) is 16.4 Å². The van der Waals surface area contributed by atoms with Crippen LogP contribution in [0.15, 0.2) is 55.0 Å². The molecule has 5 heteroatoms. The van der Waals surface area contributed by atoms with Gasteiger partial charge in [-0.15, -0.1) is 0 Å². The minimum atomic E-state index is -0.106. The van der Waals surface area contributed by atoms with E-state index in [1.54, 1.807) is 16.7 Å². The van der Waals surface area contributed by atoms with Gasteiger partial charge in [-0.2, -0.15) is 0 Å². The topological polar surface area (TPSA) is 76.7 Å². The molecule has 0 saturated heterocycles. The molecule has 2 heterocycles. The molecule has 0 aliphatic rings. The minimum Gasteiger partial charge on any atom is -0.399 e. The Balaban J connectivity index is 1.85.